The van der Waals surface area contributed by atoms with Crippen LogP contribution in [0.5, 0.6) is 5.75 Å². The van der Waals surface area contributed by atoms with Gasteiger partial charge in [0.05, 0.1) is 13.0 Å². The number of nitrogens with two attached hydrogens (primary N) is 1. The zero-order valence-corrected chi connectivity index (χ0v) is 11.5. The Balaban J connectivity index is 2.84. The molecule has 0 aliphatic carbocycles. The van der Waals surface area contributed by atoms with E-state index < -0.39 is 0 Å². The summed E-state index contributed by atoms with van der Waals surface area (Å²) in [7, 11) is 3.39. The van der Waals surface area contributed by atoms with Crippen molar-refractivity contribution in [3.8, 4) is 5.75 Å². The predicted octanol–water partition coefficient (Wildman–Crippen LogP) is 1.89. The number of methoxy groups -OCH3 is 1. The minimum Gasteiger partial charge on any atom is -0.497 e. The quantitative estimate of drug-likeness (QED) is 0.868. The lowest BCUT2D eigenvalue weighted by atomic mass is 9.94. The minimum atomic E-state index is -0.142. The van der Waals surface area contributed by atoms with Crippen molar-refractivity contribution in [2.24, 2.45) is 17.6 Å². The second kappa shape index (κ2) is 6.40. The topological polar surface area (TPSA) is 55.6 Å². The van der Waals surface area contributed by atoms with Crippen molar-refractivity contribution < 1.29 is 9.53 Å². The standard InChI is InChI=1S/C14H22N2O2/c1-10(2)13(9-15)14(17)16(3)11-5-7-12(18-4)8-6-11/h5-8,10,13H,9,15H2,1-4H3. The van der Waals surface area contributed by atoms with Crippen LogP contribution in [0.4, 0.5) is 5.69 Å². The summed E-state index contributed by atoms with van der Waals surface area (Å²) >= 11 is 0. The summed E-state index contributed by atoms with van der Waals surface area (Å²) in [5.74, 6) is 0.928. The highest BCUT2D eigenvalue weighted by Crippen LogP contribution is 2.21. The molecule has 0 aromatic heterocycles. The van der Waals surface area contributed by atoms with Gasteiger partial charge in [-0.05, 0) is 30.2 Å². The molecule has 1 rings (SSSR count). The van der Waals surface area contributed by atoms with Crippen LogP contribution in [0.15, 0.2) is 24.3 Å². The Kier molecular flexibility index (Phi) is 5.16. The lowest BCUT2D eigenvalue weighted by molar-refractivity contribution is -0.123. The molecule has 0 spiro atoms. The van der Waals surface area contributed by atoms with Crippen molar-refractivity contribution in [1.82, 2.24) is 0 Å². The SMILES string of the molecule is COc1ccc(N(C)C(=O)C(CN)C(C)C)cc1. The smallest absolute Gasteiger partial charge is 0.231 e. The summed E-state index contributed by atoms with van der Waals surface area (Å²) in [5.41, 5.74) is 6.52. The predicted molar refractivity (Wildman–Crippen MR) is 73.8 cm³/mol. The second-order valence-corrected chi connectivity index (χ2v) is 4.68. The first-order valence-corrected chi connectivity index (χ1v) is 6.13. The fraction of sp³-hybridized carbons (Fsp3) is 0.500. The van der Waals surface area contributed by atoms with Crippen LogP contribution in [0, 0.1) is 11.8 Å². The van der Waals surface area contributed by atoms with E-state index in [9.17, 15) is 4.79 Å². The van der Waals surface area contributed by atoms with Crippen LogP contribution in [0.1, 0.15) is 13.8 Å². The third kappa shape index (κ3) is 3.23. The maximum atomic E-state index is 12.3. The Morgan fingerprint density at radius 2 is 1.89 bits per heavy atom. The van der Waals surface area contributed by atoms with Crippen molar-refractivity contribution in [3.05, 3.63) is 24.3 Å². The number of rotatable bonds is 5. The van der Waals surface area contributed by atoms with E-state index >= 15 is 0 Å². The number of nitrogens with zero attached hydrogens (tertiary/aromatic N) is 1. The number of hydrogen-bond donors (Lipinski definition) is 1. The van der Waals surface area contributed by atoms with Crippen molar-refractivity contribution in [2.45, 2.75) is 13.8 Å². The van der Waals surface area contributed by atoms with Gasteiger partial charge in [-0.3, -0.25) is 4.79 Å². The van der Waals surface area contributed by atoms with Gasteiger partial charge in [-0.15, -0.1) is 0 Å². The van der Waals surface area contributed by atoms with Crippen LogP contribution in [-0.2, 0) is 4.79 Å². The van der Waals surface area contributed by atoms with Gasteiger partial charge >= 0.3 is 0 Å². The summed E-state index contributed by atoms with van der Waals surface area (Å²) in [6.07, 6.45) is 0. The van der Waals surface area contributed by atoms with E-state index in [4.69, 9.17) is 10.5 Å². The number of carbonyl (C=O) groups is 1. The van der Waals surface area contributed by atoms with Crippen LogP contribution in [0.25, 0.3) is 0 Å². The van der Waals surface area contributed by atoms with E-state index in [1.54, 1.807) is 19.1 Å². The summed E-state index contributed by atoms with van der Waals surface area (Å²) < 4.78 is 5.09. The van der Waals surface area contributed by atoms with Gasteiger partial charge < -0.3 is 15.4 Å². The molecule has 0 aliphatic rings. The Labute approximate surface area is 109 Å². The van der Waals surface area contributed by atoms with E-state index in [1.165, 1.54) is 0 Å². The molecule has 1 aromatic rings. The summed E-state index contributed by atoms with van der Waals surface area (Å²) in [5, 5.41) is 0. The number of amides is 1. The molecule has 0 saturated carbocycles. The van der Waals surface area contributed by atoms with Gasteiger partial charge in [-0.1, -0.05) is 13.8 Å². The first-order chi connectivity index (χ1) is 8.51. The molecule has 0 bridgehead atoms. The fourth-order valence-electron chi connectivity index (χ4n) is 1.84. The third-order valence-electron chi connectivity index (χ3n) is 3.17. The zero-order chi connectivity index (χ0) is 13.7. The van der Waals surface area contributed by atoms with Crippen molar-refractivity contribution in [2.75, 3.05) is 25.6 Å². The van der Waals surface area contributed by atoms with E-state index in [1.807, 2.05) is 38.1 Å². The maximum absolute atomic E-state index is 12.3. The number of anilines is 1. The molecular formula is C14H22N2O2. The third-order valence-corrected chi connectivity index (χ3v) is 3.17. The molecule has 0 fully saturated rings. The Morgan fingerprint density at radius 3 is 2.28 bits per heavy atom. The molecule has 4 nitrogen and oxygen atoms in total. The normalized spacial score (nSPS) is 12.3. The van der Waals surface area contributed by atoms with Gasteiger partial charge in [0.2, 0.25) is 5.91 Å². The molecule has 1 unspecified atom stereocenters. The molecule has 2 N–H and O–H groups in total. The first-order valence-electron chi connectivity index (χ1n) is 6.13. The van der Waals surface area contributed by atoms with Crippen LogP contribution < -0.4 is 15.4 Å². The Hall–Kier alpha value is -1.55. The summed E-state index contributed by atoms with van der Waals surface area (Å²) in [6.45, 7) is 4.39. The van der Waals surface area contributed by atoms with Crippen molar-refractivity contribution in [3.63, 3.8) is 0 Å². The lowest BCUT2D eigenvalue weighted by Gasteiger charge is -2.25. The molecule has 100 valence electrons. The highest BCUT2D eigenvalue weighted by Gasteiger charge is 2.24. The maximum Gasteiger partial charge on any atom is 0.231 e. The zero-order valence-electron chi connectivity index (χ0n) is 11.5. The van der Waals surface area contributed by atoms with Crippen LogP contribution in [-0.4, -0.2) is 26.6 Å². The molecule has 0 aliphatic heterocycles. The van der Waals surface area contributed by atoms with E-state index in [-0.39, 0.29) is 17.7 Å². The van der Waals surface area contributed by atoms with Crippen LogP contribution in [0.3, 0.4) is 0 Å². The fourth-order valence-corrected chi connectivity index (χ4v) is 1.84. The van der Waals surface area contributed by atoms with E-state index in [0.717, 1.165) is 11.4 Å². The average Bonchev–Trinajstić information content (AvgIpc) is 2.38. The van der Waals surface area contributed by atoms with Crippen LogP contribution >= 0.6 is 0 Å². The summed E-state index contributed by atoms with van der Waals surface area (Å²) in [4.78, 5) is 13.9. The largest absolute Gasteiger partial charge is 0.497 e. The number of ether oxygens (including phenoxy) is 1. The molecule has 4 heteroatoms. The number of hydrogen-bond acceptors (Lipinski definition) is 3. The van der Waals surface area contributed by atoms with Gasteiger partial charge in [0.25, 0.3) is 0 Å². The molecule has 1 amide bonds. The molecule has 0 radical (unpaired) electrons. The van der Waals surface area contributed by atoms with Gasteiger partial charge in [0.1, 0.15) is 5.75 Å². The molecule has 0 saturated heterocycles. The van der Waals surface area contributed by atoms with Gasteiger partial charge in [0, 0.05) is 19.3 Å². The van der Waals surface area contributed by atoms with Gasteiger partial charge in [-0.25, -0.2) is 0 Å². The summed E-state index contributed by atoms with van der Waals surface area (Å²) in [6, 6.07) is 7.41. The Morgan fingerprint density at radius 1 is 1.33 bits per heavy atom. The monoisotopic (exact) mass is 250 g/mol. The molecular weight excluding hydrogens is 228 g/mol. The molecule has 1 aromatic carbocycles. The molecule has 0 heterocycles. The highest BCUT2D eigenvalue weighted by atomic mass is 16.5. The average molecular weight is 250 g/mol. The molecule has 1 atom stereocenters. The second-order valence-electron chi connectivity index (χ2n) is 4.68. The van der Waals surface area contributed by atoms with E-state index in [2.05, 4.69) is 0 Å². The Bertz CT molecular complexity index is 387. The minimum absolute atomic E-state index is 0.0534. The number of benzene rings is 1. The van der Waals surface area contributed by atoms with Crippen molar-refractivity contribution >= 4 is 11.6 Å². The van der Waals surface area contributed by atoms with E-state index in [0.29, 0.717) is 6.54 Å². The number of carbonyl (C=O) groups excluding carboxylic acids is 1. The van der Waals surface area contributed by atoms with Gasteiger partial charge in [0.15, 0.2) is 0 Å². The first kappa shape index (κ1) is 14.5. The molecule has 18 heavy (non-hydrogen) atoms. The van der Waals surface area contributed by atoms with Crippen molar-refractivity contribution in [1.29, 1.82) is 0 Å². The lowest BCUT2D eigenvalue weighted by Crippen LogP contribution is -2.39. The highest BCUT2D eigenvalue weighted by molar-refractivity contribution is 5.94. The van der Waals surface area contributed by atoms with Crippen LogP contribution in [0.2, 0.25) is 0 Å². The van der Waals surface area contributed by atoms with Gasteiger partial charge in [-0.2, -0.15) is 0 Å².